The fourth-order valence-electron chi connectivity index (χ4n) is 6.22. The summed E-state index contributed by atoms with van der Waals surface area (Å²) in [5, 5.41) is 16.0. The molecular weight excluding hydrogens is 693 g/mol. The van der Waals surface area contributed by atoms with Crippen LogP contribution in [0.4, 0.5) is 0 Å². The summed E-state index contributed by atoms with van der Waals surface area (Å²) in [5.74, 6) is -1.34. The molecule has 50 heavy (non-hydrogen) atoms. The monoisotopic (exact) mass is 748 g/mol. The number of fused-ring (bicyclic) bond motifs is 2. The summed E-state index contributed by atoms with van der Waals surface area (Å²) in [6.45, 7) is 7.08. The minimum Gasteiger partial charge on any atom is -0.450 e. The number of aromatic nitrogens is 1. The third-order valence-electron chi connectivity index (χ3n) is 9.51. The highest BCUT2D eigenvalue weighted by Crippen LogP contribution is 2.50. The Morgan fingerprint density at radius 3 is 2.20 bits per heavy atom. The van der Waals surface area contributed by atoms with Crippen molar-refractivity contribution in [3.05, 3.63) is 46.0 Å². The molecule has 3 heterocycles. The number of carbonyl (C=O) groups is 4. The van der Waals surface area contributed by atoms with Crippen LogP contribution in [0.2, 0.25) is 0 Å². The number of ketones is 1. The lowest BCUT2D eigenvalue weighted by atomic mass is 9.81. The van der Waals surface area contributed by atoms with Gasteiger partial charge in [-0.05, 0) is 58.3 Å². The molecule has 2 aliphatic rings. The number of esters is 1. The number of aliphatic hydroxyl groups is 1. The summed E-state index contributed by atoms with van der Waals surface area (Å²) in [4.78, 5) is 56.8. The van der Waals surface area contributed by atoms with E-state index in [1.807, 2.05) is 5.38 Å². The largest absolute Gasteiger partial charge is 0.450 e. The van der Waals surface area contributed by atoms with Gasteiger partial charge in [-0.2, -0.15) is 0 Å². The number of unbranched alkanes of at least 4 members (excludes halogenated alkanes) is 12. The molecular formula is C38H56N2O7S3. The molecule has 2 N–H and O–H groups in total. The van der Waals surface area contributed by atoms with Gasteiger partial charge in [0.2, 0.25) is 11.0 Å². The van der Waals surface area contributed by atoms with Crippen molar-refractivity contribution in [3.63, 3.8) is 0 Å². The van der Waals surface area contributed by atoms with E-state index in [2.05, 4.69) is 17.2 Å². The predicted octanol–water partition coefficient (Wildman–Crippen LogP) is 8.41. The molecule has 3 rings (SSSR count). The van der Waals surface area contributed by atoms with E-state index in [9.17, 15) is 28.5 Å². The summed E-state index contributed by atoms with van der Waals surface area (Å²) < 4.78 is 17.5. The van der Waals surface area contributed by atoms with Crippen molar-refractivity contribution in [3.8, 4) is 0 Å². The zero-order valence-corrected chi connectivity index (χ0v) is 32.7. The molecule has 0 aliphatic carbocycles. The number of hydrogen-bond donors (Lipinski definition) is 2. The summed E-state index contributed by atoms with van der Waals surface area (Å²) in [6.07, 6.45) is 22.4. The van der Waals surface area contributed by atoms with E-state index in [0.717, 1.165) is 19.3 Å². The minimum atomic E-state index is -2.03. The first kappa shape index (κ1) is 42.0. The van der Waals surface area contributed by atoms with E-state index in [1.54, 1.807) is 38.2 Å². The van der Waals surface area contributed by atoms with Crippen LogP contribution in [0.25, 0.3) is 6.08 Å². The molecule has 5 atom stereocenters. The van der Waals surface area contributed by atoms with Crippen LogP contribution < -0.4 is 5.32 Å². The molecule has 1 saturated heterocycles. The molecule has 9 nitrogen and oxygen atoms in total. The highest BCUT2D eigenvalue weighted by atomic mass is 33.1. The quantitative estimate of drug-likeness (QED) is 0.0783. The minimum absolute atomic E-state index is 0.0310. The van der Waals surface area contributed by atoms with Crippen molar-refractivity contribution in [2.75, 3.05) is 0 Å². The third kappa shape index (κ3) is 12.7. The molecule has 2 aliphatic heterocycles. The number of nitrogens with zero attached hydrogens (tertiary/aromatic N) is 1. The molecule has 1 spiro atoms. The van der Waals surface area contributed by atoms with Gasteiger partial charge in [0.05, 0.1) is 21.6 Å². The van der Waals surface area contributed by atoms with E-state index in [1.165, 1.54) is 82.1 Å². The van der Waals surface area contributed by atoms with Crippen LogP contribution in [0.15, 0.2) is 35.3 Å². The normalized spacial score (nSPS) is 28.8. The smallest absolute Gasteiger partial charge is 0.306 e. The SMILES string of the molecule is CCCCCCCCCCCCCCCC(=O)O[C@@H]1/C=C(\C)CC[C@]2(CC(=O)N[C@H](C)c3nc(cs3)/C=C\C=C\C1=O)S(=O)SC(=O)[C@]2(C)O. The van der Waals surface area contributed by atoms with Gasteiger partial charge in [0, 0.05) is 29.0 Å². The third-order valence-corrected chi connectivity index (χ3v) is 14.5. The summed E-state index contributed by atoms with van der Waals surface area (Å²) in [7, 11) is -1.36. The van der Waals surface area contributed by atoms with E-state index in [0.29, 0.717) is 33.5 Å². The molecule has 1 amide bonds. The predicted molar refractivity (Wildman–Crippen MR) is 204 cm³/mol. The van der Waals surface area contributed by atoms with Crippen molar-refractivity contribution < 1.29 is 33.2 Å². The zero-order chi connectivity index (χ0) is 36.6. The first-order chi connectivity index (χ1) is 23.9. The van der Waals surface area contributed by atoms with Gasteiger partial charge < -0.3 is 15.2 Å². The van der Waals surface area contributed by atoms with Crippen molar-refractivity contribution in [2.24, 2.45) is 0 Å². The van der Waals surface area contributed by atoms with Crippen molar-refractivity contribution in [1.82, 2.24) is 10.3 Å². The van der Waals surface area contributed by atoms with Crippen LogP contribution in [0.3, 0.4) is 0 Å². The Morgan fingerprint density at radius 1 is 1.00 bits per heavy atom. The van der Waals surface area contributed by atoms with E-state index in [4.69, 9.17) is 4.74 Å². The molecule has 1 unspecified atom stereocenters. The molecule has 1 aromatic rings. The van der Waals surface area contributed by atoms with Gasteiger partial charge in [-0.15, -0.1) is 11.3 Å². The number of amides is 1. The second-order valence-corrected chi connectivity index (χ2v) is 17.9. The van der Waals surface area contributed by atoms with Crippen molar-refractivity contribution in [2.45, 2.75) is 159 Å². The van der Waals surface area contributed by atoms with Gasteiger partial charge in [-0.1, -0.05) is 102 Å². The Morgan fingerprint density at radius 2 is 1.60 bits per heavy atom. The number of hydrogen-bond acceptors (Lipinski definition) is 10. The topological polar surface area (TPSA) is 140 Å². The first-order valence-electron chi connectivity index (χ1n) is 18.3. The number of ether oxygens (including phenoxy) is 1. The number of rotatable bonds is 15. The molecule has 1 aromatic heterocycles. The fraction of sp³-hybridized carbons (Fsp3) is 0.658. The van der Waals surface area contributed by atoms with E-state index < -0.39 is 55.1 Å². The van der Waals surface area contributed by atoms with Crippen LogP contribution in [0.1, 0.15) is 154 Å². The molecule has 0 aromatic carbocycles. The second kappa shape index (κ2) is 21.2. The van der Waals surface area contributed by atoms with Gasteiger partial charge in [0.25, 0.3) is 0 Å². The second-order valence-electron chi connectivity index (χ2n) is 13.8. The number of nitrogens with one attached hydrogen (secondary N) is 1. The fourth-order valence-corrected chi connectivity index (χ4v) is 11.0. The molecule has 2 bridgehead atoms. The van der Waals surface area contributed by atoms with Crippen LogP contribution in [-0.4, -0.2) is 53.5 Å². The molecule has 1 fully saturated rings. The number of carbonyl (C=O) groups excluding carboxylic acids is 4. The van der Waals surface area contributed by atoms with Crippen molar-refractivity contribution >= 4 is 60.8 Å². The van der Waals surface area contributed by atoms with Gasteiger partial charge in [0.15, 0.2) is 11.9 Å². The van der Waals surface area contributed by atoms with Crippen molar-refractivity contribution in [1.29, 1.82) is 0 Å². The van der Waals surface area contributed by atoms with Gasteiger partial charge in [-0.3, -0.25) is 19.2 Å². The van der Waals surface area contributed by atoms with Crippen LogP contribution >= 0.6 is 22.1 Å². The standard InChI is InChI=1S/C38H56N2O7S3/c1-5-6-7-8-9-10-11-12-13-14-15-16-17-22-34(43)47-32-25-28(2)23-24-38(37(4,45)36(44)49-50(38)46)26-33(42)39-29(3)35-40-30(27-48-35)20-18-19-21-31(32)41/h18-21,25,27,29,32,45H,5-17,22-24,26H2,1-4H3,(H,39,42)/b20-18-,21-19+,28-25+/t29-,32-,37+,38-,50?/m1/s1. The average molecular weight is 749 g/mol. The maximum atomic E-state index is 13.4. The average Bonchev–Trinajstić information content (AvgIpc) is 3.60. The van der Waals surface area contributed by atoms with Crippen LogP contribution in [-0.2, 0) is 33.7 Å². The highest BCUT2D eigenvalue weighted by Gasteiger charge is 2.63. The Hall–Kier alpha value is -2.41. The van der Waals surface area contributed by atoms with E-state index in [-0.39, 0.29) is 25.7 Å². The highest BCUT2D eigenvalue weighted by molar-refractivity contribution is 8.76. The maximum absolute atomic E-state index is 13.4. The van der Waals surface area contributed by atoms with Gasteiger partial charge >= 0.3 is 5.97 Å². The Balaban J connectivity index is 1.65. The lowest BCUT2D eigenvalue weighted by molar-refractivity contribution is -0.151. The lowest BCUT2D eigenvalue weighted by Gasteiger charge is -2.36. The molecule has 0 radical (unpaired) electrons. The number of allylic oxidation sites excluding steroid dienone is 3. The van der Waals surface area contributed by atoms with Crippen LogP contribution in [0, 0.1) is 0 Å². The van der Waals surface area contributed by atoms with E-state index >= 15 is 0 Å². The molecule has 0 saturated carbocycles. The van der Waals surface area contributed by atoms with Crippen LogP contribution in [0.5, 0.6) is 0 Å². The zero-order valence-electron chi connectivity index (χ0n) is 30.2. The Labute approximate surface area is 308 Å². The maximum Gasteiger partial charge on any atom is 0.306 e. The molecule has 278 valence electrons. The lowest BCUT2D eigenvalue weighted by Crippen LogP contribution is -2.55. The van der Waals surface area contributed by atoms with Gasteiger partial charge in [-0.25, -0.2) is 9.19 Å². The first-order valence-corrected chi connectivity index (χ1v) is 21.6. The summed E-state index contributed by atoms with van der Waals surface area (Å²) in [5.41, 5.74) is -0.748. The number of thiazole rings is 1. The molecule has 12 heteroatoms. The summed E-state index contributed by atoms with van der Waals surface area (Å²) in [6, 6.07) is -0.456. The summed E-state index contributed by atoms with van der Waals surface area (Å²) >= 11 is 1.35. The van der Waals surface area contributed by atoms with Gasteiger partial charge in [0.1, 0.15) is 15.4 Å². The Bertz CT molecular complexity index is 1420. The Kier molecular flexibility index (Phi) is 17.8.